The summed E-state index contributed by atoms with van der Waals surface area (Å²) in [4.78, 5) is 4.34. The molecular formula is C18H13Cl4N4+. The van der Waals surface area contributed by atoms with Crippen molar-refractivity contribution in [1.82, 2.24) is 4.57 Å². The highest BCUT2D eigenvalue weighted by Gasteiger charge is 2.38. The van der Waals surface area contributed by atoms with Gasteiger partial charge in [0.05, 0.1) is 44.6 Å². The Morgan fingerprint density at radius 1 is 0.885 bits per heavy atom. The average molecular weight is 427 g/mol. The second-order valence-corrected chi connectivity index (χ2v) is 8.12. The van der Waals surface area contributed by atoms with Crippen LogP contribution in [0.15, 0.2) is 30.1 Å². The molecule has 3 aromatic rings. The summed E-state index contributed by atoms with van der Waals surface area (Å²) in [5.74, 6) is 2.14. The number of aromatic nitrogens is 2. The Labute approximate surface area is 170 Å². The first-order chi connectivity index (χ1) is 12.4. The second kappa shape index (κ2) is 5.46. The van der Waals surface area contributed by atoms with Crippen LogP contribution in [-0.2, 0) is 13.7 Å². The van der Waals surface area contributed by atoms with Crippen molar-refractivity contribution < 1.29 is 4.57 Å². The quantitative estimate of drug-likeness (QED) is 0.453. The van der Waals surface area contributed by atoms with Crippen LogP contribution >= 0.6 is 46.4 Å². The third-order valence-electron chi connectivity index (χ3n) is 5.12. The molecule has 0 bridgehead atoms. The summed E-state index contributed by atoms with van der Waals surface area (Å²) in [5, 5.41) is 2.19. The highest BCUT2D eigenvalue weighted by atomic mass is 35.5. The summed E-state index contributed by atoms with van der Waals surface area (Å²) in [6, 6.07) is 7.64. The predicted octanol–water partition coefficient (Wildman–Crippen LogP) is 5.31. The van der Waals surface area contributed by atoms with Gasteiger partial charge in [-0.1, -0.05) is 46.4 Å². The van der Waals surface area contributed by atoms with Crippen LogP contribution in [0.25, 0.3) is 17.1 Å². The minimum Gasteiger partial charge on any atom is -0.329 e. The smallest absolute Gasteiger partial charge is 0.287 e. The minimum absolute atomic E-state index is 0.545. The molecule has 2 aromatic carbocycles. The molecule has 0 aliphatic carbocycles. The maximum atomic E-state index is 6.27. The van der Waals surface area contributed by atoms with Gasteiger partial charge in [-0.3, -0.25) is 4.90 Å². The van der Waals surface area contributed by atoms with Crippen LogP contribution in [0.4, 0.5) is 11.4 Å². The molecule has 0 radical (unpaired) electrons. The van der Waals surface area contributed by atoms with E-state index in [4.69, 9.17) is 46.4 Å². The van der Waals surface area contributed by atoms with Crippen molar-refractivity contribution in [3.8, 4) is 0 Å². The van der Waals surface area contributed by atoms with Crippen molar-refractivity contribution in [2.45, 2.75) is 6.67 Å². The highest BCUT2D eigenvalue weighted by Crippen LogP contribution is 2.47. The number of fused-ring (bicyclic) bond motifs is 6. The van der Waals surface area contributed by atoms with Crippen molar-refractivity contribution in [3.63, 3.8) is 0 Å². The Morgan fingerprint density at radius 3 is 2.23 bits per heavy atom. The molecule has 0 fully saturated rings. The number of nitrogens with zero attached hydrogens (tertiary/aromatic N) is 4. The van der Waals surface area contributed by atoms with Crippen LogP contribution in [0.5, 0.6) is 0 Å². The zero-order valence-corrected chi connectivity index (χ0v) is 16.9. The number of aryl methyl sites for hydroxylation is 1. The standard InChI is InChI=1S/C18H13Cl4N4/c1-23-13-3-9(19)11(21)5-15(13)25-8-26-16-6-12(22)10(20)4-14(16)24(2)18(26)7-17(23)25/h3-7H,8H2,1-2H3/q+1. The van der Waals surface area contributed by atoms with Gasteiger partial charge in [-0.05, 0) is 12.1 Å². The fourth-order valence-corrected chi connectivity index (χ4v) is 4.41. The maximum Gasteiger partial charge on any atom is 0.287 e. The lowest BCUT2D eigenvalue weighted by Gasteiger charge is -2.24. The van der Waals surface area contributed by atoms with E-state index in [1.54, 1.807) is 0 Å². The van der Waals surface area contributed by atoms with Crippen LogP contribution in [0.2, 0.25) is 20.1 Å². The molecule has 4 nitrogen and oxygen atoms in total. The molecule has 0 atom stereocenters. The molecule has 0 N–H and O–H groups in total. The Morgan fingerprint density at radius 2 is 1.50 bits per heavy atom. The molecule has 2 aliphatic rings. The Kier molecular flexibility index (Phi) is 3.48. The van der Waals surface area contributed by atoms with E-state index in [0.717, 1.165) is 34.1 Å². The third kappa shape index (κ3) is 2.07. The minimum atomic E-state index is 0.545. The van der Waals surface area contributed by atoms with Gasteiger partial charge in [0.1, 0.15) is 5.82 Å². The molecule has 0 unspecified atom stereocenters. The normalized spacial score (nSPS) is 15.2. The number of hydrogen-bond acceptors (Lipinski definition) is 2. The molecule has 5 rings (SSSR count). The number of anilines is 2. The number of hydrogen-bond donors (Lipinski definition) is 0. The molecular weight excluding hydrogens is 414 g/mol. The Bertz CT molecular complexity index is 1150. The molecule has 2 aliphatic heterocycles. The van der Waals surface area contributed by atoms with E-state index in [2.05, 4.69) is 25.0 Å². The van der Waals surface area contributed by atoms with Crippen LogP contribution in [-0.4, -0.2) is 11.6 Å². The first-order valence-electron chi connectivity index (χ1n) is 7.96. The molecule has 0 saturated heterocycles. The fraction of sp³-hybridized carbons (Fsp3) is 0.167. The van der Waals surface area contributed by atoms with Gasteiger partial charge in [0, 0.05) is 19.2 Å². The van der Waals surface area contributed by atoms with E-state index in [-0.39, 0.29) is 0 Å². The van der Waals surface area contributed by atoms with E-state index >= 15 is 0 Å². The van der Waals surface area contributed by atoms with Gasteiger partial charge in [0.15, 0.2) is 17.7 Å². The Balaban J connectivity index is 1.76. The second-order valence-electron chi connectivity index (χ2n) is 6.49. The Hall–Kier alpha value is -1.59. The molecule has 0 saturated carbocycles. The molecule has 3 heterocycles. The lowest BCUT2D eigenvalue weighted by atomic mass is 10.2. The summed E-state index contributed by atoms with van der Waals surface area (Å²) in [5.41, 5.74) is 4.13. The monoisotopic (exact) mass is 425 g/mol. The first-order valence-corrected chi connectivity index (χ1v) is 9.47. The summed E-state index contributed by atoms with van der Waals surface area (Å²) >= 11 is 25.0. The molecule has 0 spiro atoms. The average Bonchev–Trinajstić information content (AvgIpc) is 3.01. The van der Waals surface area contributed by atoms with Crippen LogP contribution in [0.1, 0.15) is 5.82 Å². The van der Waals surface area contributed by atoms with Crippen LogP contribution in [0, 0.1) is 0 Å². The predicted molar refractivity (Wildman–Crippen MR) is 108 cm³/mol. The van der Waals surface area contributed by atoms with Gasteiger partial charge in [0.25, 0.3) is 5.82 Å². The number of benzene rings is 2. The van der Waals surface area contributed by atoms with E-state index in [0.29, 0.717) is 26.8 Å². The number of imidazole rings is 1. The summed E-state index contributed by atoms with van der Waals surface area (Å²) in [7, 11) is 4.06. The SMILES string of the molecule is CN1C2=Cc3n(c4cc(Cl)c(Cl)cc4[n+]3C)CN2c2cc(Cl)c(Cl)cc21. The van der Waals surface area contributed by atoms with Gasteiger partial charge in [0.2, 0.25) is 0 Å². The lowest BCUT2D eigenvalue weighted by molar-refractivity contribution is -0.647. The van der Waals surface area contributed by atoms with E-state index in [9.17, 15) is 0 Å². The zero-order valence-electron chi connectivity index (χ0n) is 13.9. The highest BCUT2D eigenvalue weighted by molar-refractivity contribution is 6.43. The summed E-state index contributed by atoms with van der Waals surface area (Å²) < 4.78 is 4.34. The van der Waals surface area contributed by atoms with Crippen molar-refractivity contribution in [2.24, 2.45) is 7.05 Å². The summed E-state index contributed by atoms with van der Waals surface area (Å²) in [6.07, 6.45) is 2.15. The van der Waals surface area contributed by atoms with Crippen LogP contribution < -0.4 is 14.4 Å². The molecule has 1 aromatic heterocycles. The topological polar surface area (TPSA) is 15.3 Å². The molecule has 0 amide bonds. The van der Waals surface area contributed by atoms with Crippen LogP contribution in [0.3, 0.4) is 0 Å². The van der Waals surface area contributed by atoms with Gasteiger partial charge in [-0.25, -0.2) is 9.13 Å². The zero-order chi connectivity index (χ0) is 18.3. The number of halogens is 4. The van der Waals surface area contributed by atoms with Gasteiger partial charge in [-0.15, -0.1) is 0 Å². The molecule has 132 valence electrons. The van der Waals surface area contributed by atoms with Gasteiger partial charge in [-0.2, -0.15) is 0 Å². The van der Waals surface area contributed by atoms with Crippen molar-refractivity contribution in [2.75, 3.05) is 16.8 Å². The lowest BCUT2D eigenvalue weighted by Crippen LogP contribution is -2.38. The van der Waals surface area contributed by atoms with Crippen molar-refractivity contribution >= 4 is 74.9 Å². The van der Waals surface area contributed by atoms with E-state index in [1.807, 2.05) is 38.4 Å². The van der Waals surface area contributed by atoms with Crippen molar-refractivity contribution in [3.05, 3.63) is 56.0 Å². The molecule has 26 heavy (non-hydrogen) atoms. The summed E-state index contributed by atoms with van der Waals surface area (Å²) in [6.45, 7) is 0.645. The van der Waals surface area contributed by atoms with Gasteiger partial charge < -0.3 is 4.90 Å². The molecule has 8 heteroatoms. The largest absolute Gasteiger partial charge is 0.329 e. The first kappa shape index (κ1) is 16.6. The van der Waals surface area contributed by atoms with E-state index in [1.165, 1.54) is 0 Å². The third-order valence-corrected chi connectivity index (χ3v) is 6.56. The van der Waals surface area contributed by atoms with Crippen molar-refractivity contribution in [1.29, 1.82) is 0 Å². The van der Waals surface area contributed by atoms with E-state index < -0.39 is 0 Å². The number of rotatable bonds is 0. The maximum absolute atomic E-state index is 6.27. The van der Waals surface area contributed by atoms with Gasteiger partial charge >= 0.3 is 0 Å². The fourth-order valence-electron chi connectivity index (χ4n) is 3.78.